The van der Waals surface area contributed by atoms with Crippen LogP contribution in [0.5, 0.6) is 0 Å². The Bertz CT molecular complexity index is 519. The zero-order chi connectivity index (χ0) is 21.8. The Balaban J connectivity index is 0. The number of nitrogens with two attached hydrogens (primary N) is 2. The van der Waals surface area contributed by atoms with Gasteiger partial charge in [-0.05, 0) is 0 Å². The topological polar surface area (TPSA) is 259 Å². The summed E-state index contributed by atoms with van der Waals surface area (Å²) in [6.07, 6.45) is -2.29. The van der Waals surface area contributed by atoms with Crippen molar-refractivity contribution in [2.24, 2.45) is 11.5 Å². The summed E-state index contributed by atoms with van der Waals surface area (Å²) in [6, 6.07) is -1.85. The van der Waals surface area contributed by atoms with Gasteiger partial charge in [-0.1, -0.05) is 21.6 Å². The van der Waals surface area contributed by atoms with Crippen LogP contribution in [-0.4, -0.2) is 89.7 Å². The lowest BCUT2D eigenvalue weighted by molar-refractivity contribution is -0.170. The van der Waals surface area contributed by atoms with Crippen molar-refractivity contribution < 1.29 is 54.6 Å². The molecule has 0 aliphatic carbocycles. The van der Waals surface area contributed by atoms with Crippen LogP contribution in [0, 0.1) is 0 Å². The maximum atomic E-state index is 10.3. The smallest absolute Gasteiger partial charge is 0.336 e. The van der Waals surface area contributed by atoms with E-state index in [0.29, 0.717) is 0 Å². The molecule has 27 heavy (non-hydrogen) atoms. The number of hydrogen-bond donors (Lipinski definition) is 8. The minimum Gasteiger partial charge on any atom is -0.481 e. The van der Waals surface area contributed by atoms with E-state index in [1.54, 1.807) is 0 Å². The molecule has 2 atom stereocenters. The third-order valence-corrected chi connectivity index (χ3v) is 4.97. The van der Waals surface area contributed by atoms with E-state index in [1.807, 2.05) is 0 Å². The van der Waals surface area contributed by atoms with Crippen molar-refractivity contribution in [2.45, 2.75) is 30.5 Å². The Labute approximate surface area is 160 Å². The van der Waals surface area contributed by atoms with Crippen molar-refractivity contribution in [3.63, 3.8) is 0 Å². The van der Waals surface area contributed by atoms with Crippen molar-refractivity contribution in [3.05, 3.63) is 0 Å². The number of aliphatic hydroxyl groups is 1. The number of carboxylic acids is 5. The minimum atomic E-state index is -2.74. The van der Waals surface area contributed by atoms with Gasteiger partial charge in [-0.3, -0.25) is 19.2 Å². The van der Waals surface area contributed by atoms with Crippen molar-refractivity contribution in [1.29, 1.82) is 0 Å². The molecule has 0 amide bonds. The lowest BCUT2D eigenvalue weighted by atomic mass is 9.96. The molecule has 10 N–H and O–H groups in total. The second-order valence-electron chi connectivity index (χ2n) is 4.94. The molecule has 0 saturated carbocycles. The van der Waals surface area contributed by atoms with Gasteiger partial charge in [0.05, 0.1) is 12.8 Å². The fraction of sp³-hybridized carbons (Fsp3) is 0.583. The van der Waals surface area contributed by atoms with Gasteiger partial charge in [-0.15, -0.1) is 0 Å². The van der Waals surface area contributed by atoms with Gasteiger partial charge in [-0.2, -0.15) is 0 Å². The maximum Gasteiger partial charge on any atom is 0.336 e. The lowest BCUT2D eigenvalue weighted by Gasteiger charge is -2.18. The van der Waals surface area contributed by atoms with E-state index in [1.165, 1.54) is 21.6 Å². The van der Waals surface area contributed by atoms with E-state index in [-0.39, 0.29) is 11.5 Å². The molecule has 0 saturated heterocycles. The molecule has 0 rings (SSSR count). The SMILES string of the molecule is NC(CSSC[C@H](N)C(=O)O)C(=O)O.O=C(O)CC(O)(CC(=O)O)C(=O)O. The van der Waals surface area contributed by atoms with E-state index in [9.17, 15) is 24.0 Å². The first kappa shape index (κ1) is 27.2. The van der Waals surface area contributed by atoms with Gasteiger partial charge in [-0.25, -0.2) is 4.79 Å². The first-order valence-corrected chi connectivity index (χ1v) is 9.32. The molecule has 156 valence electrons. The van der Waals surface area contributed by atoms with Gasteiger partial charge >= 0.3 is 29.8 Å². The third-order valence-electron chi connectivity index (χ3n) is 2.50. The molecular formula is C12H20N2O11S2. The van der Waals surface area contributed by atoms with Crippen LogP contribution in [-0.2, 0) is 24.0 Å². The lowest BCUT2D eigenvalue weighted by Crippen LogP contribution is -2.42. The van der Waals surface area contributed by atoms with Gasteiger partial charge in [0.15, 0.2) is 5.60 Å². The first-order valence-electron chi connectivity index (χ1n) is 6.83. The molecule has 0 radical (unpaired) electrons. The van der Waals surface area contributed by atoms with Crippen LogP contribution in [0.4, 0.5) is 0 Å². The quantitative estimate of drug-likeness (QED) is 0.122. The van der Waals surface area contributed by atoms with Gasteiger partial charge < -0.3 is 42.1 Å². The summed E-state index contributed by atoms with van der Waals surface area (Å²) in [7, 11) is 2.41. The van der Waals surface area contributed by atoms with E-state index in [0.717, 1.165) is 0 Å². The summed E-state index contributed by atoms with van der Waals surface area (Å²) in [5.74, 6) is -6.70. The van der Waals surface area contributed by atoms with E-state index >= 15 is 0 Å². The Morgan fingerprint density at radius 3 is 1.22 bits per heavy atom. The fourth-order valence-corrected chi connectivity index (χ4v) is 3.33. The predicted octanol–water partition coefficient (Wildman–Crippen LogP) is -2.06. The number of carbonyl (C=O) groups is 5. The molecule has 15 heteroatoms. The Morgan fingerprint density at radius 1 is 0.741 bits per heavy atom. The highest BCUT2D eigenvalue weighted by atomic mass is 33.1. The summed E-state index contributed by atoms with van der Waals surface area (Å²) < 4.78 is 0. The molecular weight excluding hydrogens is 412 g/mol. The monoisotopic (exact) mass is 432 g/mol. The van der Waals surface area contributed by atoms with Crippen LogP contribution >= 0.6 is 21.6 Å². The second kappa shape index (κ2) is 13.2. The molecule has 0 aromatic carbocycles. The van der Waals surface area contributed by atoms with Gasteiger partial charge in [0.2, 0.25) is 0 Å². The van der Waals surface area contributed by atoms with Gasteiger partial charge in [0.25, 0.3) is 0 Å². The zero-order valence-corrected chi connectivity index (χ0v) is 15.3. The minimum absolute atomic E-state index is 0.229. The summed E-state index contributed by atoms with van der Waals surface area (Å²) in [4.78, 5) is 51.0. The summed E-state index contributed by atoms with van der Waals surface area (Å²) >= 11 is 0. The molecule has 0 aliphatic rings. The Hall–Kier alpha value is -2.07. The van der Waals surface area contributed by atoms with E-state index in [4.69, 9.17) is 42.1 Å². The standard InChI is InChI=1S/C6H12N2O4S2.C6H8O7/c7-3(5(9)10)1-13-14-2-4(8)6(11)12;7-3(8)1-6(13,5(11)12)2-4(9)10/h3-4H,1-2,7-8H2,(H,9,10)(H,11,12);13H,1-2H2,(H,7,8)(H,9,10)(H,11,12)/t3-,4?;/m0./s1. The molecule has 0 heterocycles. The maximum absolute atomic E-state index is 10.3. The molecule has 0 aromatic rings. The van der Waals surface area contributed by atoms with Crippen molar-refractivity contribution >= 4 is 51.4 Å². The number of carboxylic acid groups (broad SMARTS) is 5. The first-order chi connectivity index (χ1) is 12.2. The average Bonchev–Trinajstić information content (AvgIpc) is 2.49. The van der Waals surface area contributed by atoms with E-state index < -0.39 is 60.4 Å². The van der Waals surface area contributed by atoms with Crippen LogP contribution < -0.4 is 11.5 Å². The fourth-order valence-electron chi connectivity index (χ4n) is 1.10. The van der Waals surface area contributed by atoms with Crippen LogP contribution in [0.1, 0.15) is 12.8 Å². The Morgan fingerprint density at radius 2 is 1.04 bits per heavy atom. The third kappa shape index (κ3) is 13.8. The highest BCUT2D eigenvalue weighted by Crippen LogP contribution is 2.22. The zero-order valence-electron chi connectivity index (χ0n) is 13.7. The molecule has 0 aromatic heterocycles. The number of rotatable bonds is 12. The molecule has 0 fully saturated rings. The predicted molar refractivity (Wildman–Crippen MR) is 93.2 cm³/mol. The second-order valence-corrected chi connectivity index (χ2v) is 7.49. The van der Waals surface area contributed by atoms with Crippen LogP contribution in [0.25, 0.3) is 0 Å². The highest BCUT2D eigenvalue weighted by molar-refractivity contribution is 8.76. The van der Waals surface area contributed by atoms with Crippen LogP contribution in [0.15, 0.2) is 0 Å². The number of hydrogen-bond acceptors (Lipinski definition) is 10. The van der Waals surface area contributed by atoms with Crippen LogP contribution in [0.2, 0.25) is 0 Å². The average molecular weight is 432 g/mol. The number of aliphatic carboxylic acids is 5. The summed E-state index contributed by atoms with van der Waals surface area (Å²) in [6.45, 7) is 0. The largest absolute Gasteiger partial charge is 0.481 e. The van der Waals surface area contributed by atoms with Crippen molar-refractivity contribution in [1.82, 2.24) is 0 Å². The Kier molecular flexibility index (Phi) is 13.2. The highest BCUT2D eigenvalue weighted by Gasteiger charge is 2.40. The molecule has 0 aliphatic heterocycles. The van der Waals surface area contributed by atoms with Crippen LogP contribution in [0.3, 0.4) is 0 Å². The molecule has 1 unspecified atom stereocenters. The summed E-state index contributed by atoms with van der Waals surface area (Å²) in [5.41, 5.74) is 7.69. The molecule has 0 bridgehead atoms. The van der Waals surface area contributed by atoms with Gasteiger partial charge in [0, 0.05) is 11.5 Å². The van der Waals surface area contributed by atoms with Crippen molar-refractivity contribution in [2.75, 3.05) is 11.5 Å². The summed E-state index contributed by atoms with van der Waals surface area (Å²) in [5, 5.41) is 50.6. The van der Waals surface area contributed by atoms with Crippen molar-refractivity contribution in [3.8, 4) is 0 Å². The van der Waals surface area contributed by atoms with Gasteiger partial charge in [0.1, 0.15) is 12.1 Å². The molecule has 0 spiro atoms. The molecule has 13 nitrogen and oxygen atoms in total. The van der Waals surface area contributed by atoms with E-state index in [2.05, 4.69) is 0 Å². The normalized spacial score (nSPS) is 12.9.